The van der Waals surface area contributed by atoms with Crippen molar-refractivity contribution in [2.24, 2.45) is 27.1 Å². The van der Waals surface area contributed by atoms with Crippen molar-refractivity contribution < 1.29 is 0 Å². The summed E-state index contributed by atoms with van der Waals surface area (Å²) in [5, 5.41) is 0. The Hall–Kier alpha value is -0.990. The Morgan fingerprint density at radius 3 is 0.971 bits per heavy atom. The molecule has 0 N–H and O–H groups in total. The molecule has 3 nitrogen and oxygen atoms in total. The maximum Gasteiger partial charge on any atom is 0.133 e. The van der Waals surface area contributed by atoms with E-state index in [2.05, 4.69) is 90.0 Å². The van der Waals surface area contributed by atoms with Gasteiger partial charge in [-0.3, -0.25) is 0 Å². The van der Waals surface area contributed by atoms with Gasteiger partial charge in [0.25, 0.3) is 0 Å². The van der Waals surface area contributed by atoms with Gasteiger partial charge in [0.2, 0.25) is 0 Å². The van der Waals surface area contributed by atoms with Crippen LogP contribution in [0.25, 0.3) is 0 Å². The molecule has 0 atom stereocenters. The summed E-state index contributed by atoms with van der Waals surface area (Å²) in [5.74, 6) is 3.01. The molecule has 1 aromatic rings. The van der Waals surface area contributed by atoms with Crippen LogP contribution in [0.3, 0.4) is 0 Å². The zero-order valence-electron chi connectivity index (χ0n) is 26.1. The highest BCUT2D eigenvalue weighted by molar-refractivity contribution is 5.04. The highest BCUT2D eigenvalue weighted by Crippen LogP contribution is 2.33. The van der Waals surface area contributed by atoms with Crippen LogP contribution in [0.15, 0.2) is 0 Å². The van der Waals surface area contributed by atoms with E-state index in [-0.39, 0.29) is 16.2 Å². The van der Waals surface area contributed by atoms with E-state index in [0.717, 1.165) is 36.7 Å². The van der Waals surface area contributed by atoms with Crippen molar-refractivity contribution >= 4 is 0 Å². The molecule has 0 unspecified atom stereocenters. The summed E-state index contributed by atoms with van der Waals surface area (Å²) in [4.78, 5) is 15.2. The van der Waals surface area contributed by atoms with Gasteiger partial charge in [-0.05, 0) is 59.2 Å². The van der Waals surface area contributed by atoms with E-state index in [1.54, 1.807) is 0 Å². The van der Waals surface area contributed by atoms with Gasteiger partial charge in [0, 0.05) is 19.3 Å². The van der Waals surface area contributed by atoms with Crippen molar-refractivity contribution in [2.75, 3.05) is 0 Å². The van der Waals surface area contributed by atoms with Crippen LogP contribution in [-0.4, -0.2) is 15.0 Å². The predicted octanol–water partition coefficient (Wildman–Crippen LogP) is 9.81. The summed E-state index contributed by atoms with van der Waals surface area (Å²) < 4.78 is 0. The zero-order valence-corrected chi connectivity index (χ0v) is 26.1. The summed E-state index contributed by atoms with van der Waals surface area (Å²) in [7, 11) is 0. The molecule has 1 aromatic heterocycles. The Bertz CT molecular complexity index is 708. The SMILES string of the molecule is CCCC(C)(C)Cc1nc(CC(C)(C)CCCC(C)(C)C)nc(CC(C)(C)CCCC(C)(C)C)n1. The van der Waals surface area contributed by atoms with Crippen LogP contribution < -0.4 is 0 Å². The molecule has 0 aliphatic carbocycles. The fourth-order valence-corrected chi connectivity index (χ4v) is 5.18. The van der Waals surface area contributed by atoms with E-state index in [9.17, 15) is 0 Å². The van der Waals surface area contributed by atoms with E-state index in [0.29, 0.717) is 10.8 Å². The third kappa shape index (κ3) is 15.0. The average molecular weight is 488 g/mol. The topological polar surface area (TPSA) is 38.7 Å². The minimum atomic E-state index is 0.197. The van der Waals surface area contributed by atoms with Crippen molar-refractivity contribution in [1.29, 1.82) is 0 Å². The van der Waals surface area contributed by atoms with Crippen molar-refractivity contribution in [1.82, 2.24) is 15.0 Å². The van der Waals surface area contributed by atoms with Crippen LogP contribution in [0.5, 0.6) is 0 Å². The third-order valence-corrected chi connectivity index (χ3v) is 7.17. The first-order chi connectivity index (χ1) is 15.7. The average Bonchev–Trinajstić information content (AvgIpc) is 2.56. The second-order valence-corrected chi connectivity index (χ2v) is 16.2. The maximum atomic E-state index is 5.07. The number of rotatable bonds is 14. The predicted molar refractivity (Wildman–Crippen MR) is 154 cm³/mol. The van der Waals surface area contributed by atoms with Crippen molar-refractivity contribution in [3.05, 3.63) is 17.5 Å². The van der Waals surface area contributed by atoms with Crippen LogP contribution in [-0.2, 0) is 19.3 Å². The molecule has 0 radical (unpaired) electrons. The molecule has 0 amide bonds. The van der Waals surface area contributed by atoms with Crippen molar-refractivity contribution in [2.45, 2.75) is 161 Å². The van der Waals surface area contributed by atoms with Gasteiger partial charge >= 0.3 is 0 Å². The molecule has 0 fully saturated rings. The number of hydrogen-bond donors (Lipinski definition) is 0. The van der Waals surface area contributed by atoms with Gasteiger partial charge < -0.3 is 0 Å². The summed E-state index contributed by atoms with van der Waals surface area (Å²) in [6.07, 6.45) is 12.6. The largest absolute Gasteiger partial charge is 0.218 e. The zero-order chi connectivity index (χ0) is 27.1. The summed E-state index contributed by atoms with van der Waals surface area (Å²) in [6.45, 7) is 30.6. The summed E-state index contributed by atoms with van der Waals surface area (Å²) in [5.41, 5.74) is 1.40. The lowest BCUT2D eigenvalue weighted by atomic mass is 9.80. The van der Waals surface area contributed by atoms with E-state index >= 15 is 0 Å². The molecule has 204 valence electrons. The van der Waals surface area contributed by atoms with E-state index in [4.69, 9.17) is 15.0 Å². The molecular formula is C32H61N3. The first kappa shape index (κ1) is 32.0. The van der Waals surface area contributed by atoms with Gasteiger partial charge in [-0.15, -0.1) is 0 Å². The molecule has 0 aliphatic rings. The van der Waals surface area contributed by atoms with Crippen LogP contribution in [0.2, 0.25) is 0 Å². The second kappa shape index (κ2) is 12.5. The smallest absolute Gasteiger partial charge is 0.133 e. The second-order valence-electron chi connectivity index (χ2n) is 16.2. The van der Waals surface area contributed by atoms with Gasteiger partial charge in [0.1, 0.15) is 17.5 Å². The molecule has 0 bridgehead atoms. The first-order valence-corrected chi connectivity index (χ1v) is 14.4. The van der Waals surface area contributed by atoms with Crippen LogP contribution in [0.1, 0.15) is 159 Å². The number of aromatic nitrogens is 3. The molecule has 1 rings (SSSR count). The minimum absolute atomic E-state index is 0.197. The van der Waals surface area contributed by atoms with Gasteiger partial charge in [0.05, 0.1) is 0 Å². The molecule has 0 saturated carbocycles. The molecule has 0 saturated heterocycles. The fourth-order valence-electron chi connectivity index (χ4n) is 5.18. The number of hydrogen-bond acceptors (Lipinski definition) is 3. The molecule has 35 heavy (non-hydrogen) atoms. The van der Waals surface area contributed by atoms with Crippen LogP contribution in [0.4, 0.5) is 0 Å². The van der Waals surface area contributed by atoms with Crippen molar-refractivity contribution in [3.8, 4) is 0 Å². The highest BCUT2D eigenvalue weighted by Gasteiger charge is 2.27. The Kier molecular flexibility index (Phi) is 11.4. The molecule has 1 heterocycles. The molecule has 0 aromatic carbocycles. The van der Waals surface area contributed by atoms with Crippen LogP contribution >= 0.6 is 0 Å². The lowest BCUT2D eigenvalue weighted by Crippen LogP contribution is -2.24. The van der Waals surface area contributed by atoms with Gasteiger partial charge in [-0.2, -0.15) is 0 Å². The number of nitrogens with zero attached hydrogens (tertiary/aromatic N) is 3. The van der Waals surface area contributed by atoms with Crippen molar-refractivity contribution in [3.63, 3.8) is 0 Å². The lowest BCUT2D eigenvalue weighted by molar-refractivity contribution is 0.269. The maximum absolute atomic E-state index is 5.07. The van der Waals surface area contributed by atoms with Gasteiger partial charge in [0.15, 0.2) is 0 Å². The van der Waals surface area contributed by atoms with Gasteiger partial charge in [-0.25, -0.2) is 15.0 Å². The lowest BCUT2D eigenvalue weighted by Gasteiger charge is -2.28. The Morgan fingerprint density at radius 1 is 0.429 bits per heavy atom. The van der Waals surface area contributed by atoms with E-state index in [1.807, 2.05) is 0 Å². The Balaban J connectivity index is 3.09. The Morgan fingerprint density at radius 2 is 0.714 bits per heavy atom. The first-order valence-electron chi connectivity index (χ1n) is 14.4. The van der Waals surface area contributed by atoms with Gasteiger partial charge in [-0.1, -0.05) is 109 Å². The molecule has 0 spiro atoms. The minimum Gasteiger partial charge on any atom is -0.218 e. The standard InChI is InChI=1S/C32H61N3/c1-14-17-30(8,9)22-25-33-26(23-31(10,11)20-15-18-28(2,3)4)35-27(34-25)24-32(12,13)21-16-19-29(5,6)7/h14-24H2,1-13H3. The fraction of sp³-hybridized carbons (Fsp3) is 0.906. The van der Waals surface area contributed by atoms with Crippen LogP contribution in [0, 0.1) is 27.1 Å². The molecule has 0 aliphatic heterocycles. The molecule has 3 heteroatoms. The normalized spacial score (nSPS) is 14.0. The molecular weight excluding hydrogens is 426 g/mol. The van der Waals surface area contributed by atoms with E-state index in [1.165, 1.54) is 51.4 Å². The third-order valence-electron chi connectivity index (χ3n) is 7.17. The highest BCUT2D eigenvalue weighted by atomic mass is 15.0. The quantitative estimate of drug-likeness (QED) is 0.262. The summed E-state index contributed by atoms with van der Waals surface area (Å²) >= 11 is 0. The van der Waals surface area contributed by atoms with E-state index < -0.39 is 0 Å². The summed E-state index contributed by atoms with van der Waals surface area (Å²) in [6, 6.07) is 0. The monoisotopic (exact) mass is 487 g/mol. The Labute approximate surface area is 220 Å².